The molecule has 0 bridgehead atoms. The molecule has 7 heteroatoms. The van der Waals surface area contributed by atoms with E-state index in [1.807, 2.05) is 18.2 Å². The molecule has 1 aliphatic heterocycles. The van der Waals surface area contributed by atoms with Gasteiger partial charge in [-0.25, -0.2) is 0 Å². The van der Waals surface area contributed by atoms with Crippen molar-refractivity contribution in [2.75, 3.05) is 13.7 Å². The number of benzene rings is 2. The van der Waals surface area contributed by atoms with Crippen LogP contribution in [-0.2, 0) is 12.0 Å². The van der Waals surface area contributed by atoms with Gasteiger partial charge in [0.1, 0.15) is 5.75 Å². The first-order valence-corrected chi connectivity index (χ1v) is 9.97. The van der Waals surface area contributed by atoms with Crippen LogP contribution in [0.5, 0.6) is 5.75 Å². The molecule has 0 amide bonds. The first-order chi connectivity index (χ1) is 14.3. The molecule has 1 fully saturated rings. The van der Waals surface area contributed by atoms with Crippen molar-refractivity contribution in [2.45, 2.75) is 50.0 Å². The highest BCUT2D eigenvalue weighted by Gasteiger charge is 2.53. The third kappa shape index (κ3) is 4.45. The van der Waals surface area contributed by atoms with E-state index in [9.17, 15) is 18.4 Å². The summed E-state index contributed by atoms with van der Waals surface area (Å²) in [6.07, 6.45) is -2.71. The lowest BCUT2D eigenvalue weighted by Crippen LogP contribution is -2.45. The van der Waals surface area contributed by atoms with Gasteiger partial charge in [0.25, 0.3) is 0 Å². The van der Waals surface area contributed by atoms with Crippen molar-refractivity contribution < 1.29 is 17.9 Å². The van der Waals surface area contributed by atoms with Crippen molar-refractivity contribution in [1.29, 1.82) is 5.26 Å². The van der Waals surface area contributed by atoms with Gasteiger partial charge in [0.05, 0.1) is 13.2 Å². The van der Waals surface area contributed by atoms with Gasteiger partial charge in [-0.3, -0.25) is 0 Å². The molecule has 0 radical (unpaired) electrons. The lowest BCUT2D eigenvalue weighted by atomic mass is 9.82. The number of alkyl halides is 3. The second-order valence-corrected chi connectivity index (χ2v) is 7.73. The van der Waals surface area contributed by atoms with Crippen molar-refractivity contribution in [3.05, 3.63) is 65.2 Å². The van der Waals surface area contributed by atoms with E-state index in [1.165, 1.54) is 36.9 Å². The Morgan fingerprint density at radius 3 is 2.57 bits per heavy atom. The first kappa shape index (κ1) is 22.1. The second kappa shape index (κ2) is 9.07. The zero-order valence-corrected chi connectivity index (χ0v) is 17.1. The maximum atomic E-state index is 13.5. The Labute approximate surface area is 175 Å². The maximum Gasteiger partial charge on any atom is 0.410 e. The zero-order valence-electron chi connectivity index (χ0n) is 17.1. The molecular formula is C23H26F3N3O. The fraction of sp³-hybridized carbons (Fsp3) is 0.435. The van der Waals surface area contributed by atoms with Gasteiger partial charge in [0, 0.05) is 24.2 Å². The number of nitrogens with zero attached hydrogens (tertiary/aromatic N) is 1. The number of nitriles is 1. The minimum Gasteiger partial charge on any atom is -0.496 e. The quantitative estimate of drug-likeness (QED) is 0.720. The molecule has 1 unspecified atom stereocenters. The van der Waals surface area contributed by atoms with Crippen molar-refractivity contribution in [2.24, 2.45) is 0 Å². The number of hydrogen-bond acceptors (Lipinski definition) is 4. The average molecular weight is 417 g/mol. The lowest BCUT2D eigenvalue weighted by Gasteiger charge is -2.34. The molecule has 1 saturated heterocycles. The van der Waals surface area contributed by atoms with Gasteiger partial charge >= 0.3 is 6.18 Å². The Morgan fingerprint density at radius 1 is 1.20 bits per heavy atom. The molecule has 4 nitrogen and oxygen atoms in total. The molecule has 0 aromatic heterocycles. The van der Waals surface area contributed by atoms with Crippen LogP contribution >= 0.6 is 0 Å². The summed E-state index contributed by atoms with van der Waals surface area (Å²) >= 11 is 0. The number of rotatable bonds is 6. The van der Waals surface area contributed by atoms with Crippen LogP contribution in [0.25, 0.3) is 0 Å². The molecule has 160 valence electrons. The van der Waals surface area contributed by atoms with E-state index in [4.69, 9.17) is 4.74 Å². The number of nitrogens with one attached hydrogen (secondary N) is 2. The van der Waals surface area contributed by atoms with E-state index in [1.54, 1.807) is 0 Å². The van der Waals surface area contributed by atoms with Crippen LogP contribution in [-0.4, -0.2) is 25.9 Å². The predicted molar refractivity (Wildman–Crippen MR) is 109 cm³/mol. The molecule has 1 heterocycles. The van der Waals surface area contributed by atoms with Gasteiger partial charge in [-0.2, -0.15) is 18.4 Å². The van der Waals surface area contributed by atoms with E-state index in [0.717, 1.165) is 26.3 Å². The Morgan fingerprint density at radius 2 is 1.93 bits per heavy atom. The topological polar surface area (TPSA) is 57.1 Å². The molecule has 2 aromatic rings. The summed E-state index contributed by atoms with van der Waals surface area (Å²) in [5, 5.41) is 16.3. The Hall–Kier alpha value is -2.56. The smallest absolute Gasteiger partial charge is 0.410 e. The molecule has 2 aromatic carbocycles. The Bertz CT molecular complexity index is 895. The van der Waals surface area contributed by atoms with Gasteiger partial charge in [0.2, 0.25) is 0 Å². The molecule has 1 aliphatic rings. The number of methoxy groups -OCH3 is 1. The van der Waals surface area contributed by atoms with E-state index in [-0.39, 0.29) is 17.6 Å². The maximum absolute atomic E-state index is 13.5. The van der Waals surface area contributed by atoms with Crippen LogP contribution in [0.3, 0.4) is 0 Å². The summed E-state index contributed by atoms with van der Waals surface area (Å²) in [7, 11) is 1.49. The fourth-order valence-corrected chi connectivity index (χ4v) is 3.88. The highest BCUT2D eigenvalue weighted by molar-refractivity contribution is 5.43. The van der Waals surface area contributed by atoms with Gasteiger partial charge in [-0.15, -0.1) is 0 Å². The first-order valence-electron chi connectivity index (χ1n) is 9.97. The number of hydrogen-bond donors (Lipinski definition) is 2. The molecule has 3 atom stereocenters. The number of halogens is 3. The highest BCUT2D eigenvalue weighted by Crippen LogP contribution is 2.41. The van der Waals surface area contributed by atoms with E-state index >= 15 is 0 Å². The standard InChI is InChI=1S/C23H26F3N3O/c1-22(15-27,23(24,25)26)18-10-11-20(30-2)17(13-18)14-29-19-9-6-12-28-21(19)16-7-4-3-5-8-16/h3-5,7-8,10-11,13,19,21,28-29H,6,9,12,14H2,1-2H3/t19-,21-,22?/m0/s1. The third-order valence-corrected chi connectivity index (χ3v) is 5.82. The van der Waals surface area contributed by atoms with Crippen molar-refractivity contribution in [1.82, 2.24) is 10.6 Å². The average Bonchev–Trinajstić information content (AvgIpc) is 2.77. The van der Waals surface area contributed by atoms with Crippen LogP contribution in [0, 0.1) is 11.3 Å². The van der Waals surface area contributed by atoms with Crippen molar-refractivity contribution >= 4 is 0 Å². The van der Waals surface area contributed by atoms with Crippen molar-refractivity contribution in [3.8, 4) is 11.8 Å². The van der Waals surface area contributed by atoms with Gasteiger partial charge in [0.15, 0.2) is 5.41 Å². The number of ether oxygens (including phenoxy) is 1. The van der Waals surface area contributed by atoms with Crippen LogP contribution in [0.15, 0.2) is 48.5 Å². The summed E-state index contributed by atoms with van der Waals surface area (Å²) < 4.78 is 46.0. The van der Waals surface area contributed by atoms with E-state index < -0.39 is 11.6 Å². The summed E-state index contributed by atoms with van der Waals surface area (Å²) in [5.41, 5.74) is -0.897. The summed E-state index contributed by atoms with van der Waals surface area (Å²) in [4.78, 5) is 0. The van der Waals surface area contributed by atoms with Gasteiger partial charge < -0.3 is 15.4 Å². The van der Waals surface area contributed by atoms with Crippen LogP contribution in [0.1, 0.15) is 42.5 Å². The fourth-order valence-electron chi connectivity index (χ4n) is 3.88. The van der Waals surface area contributed by atoms with Crippen LogP contribution < -0.4 is 15.4 Å². The second-order valence-electron chi connectivity index (χ2n) is 7.73. The van der Waals surface area contributed by atoms with Crippen LogP contribution in [0.2, 0.25) is 0 Å². The Balaban J connectivity index is 1.84. The summed E-state index contributed by atoms with van der Waals surface area (Å²) in [5.74, 6) is 0.494. The number of piperidine rings is 1. The summed E-state index contributed by atoms with van der Waals surface area (Å²) in [6.45, 7) is 2.16. The largest absolute Gasteiger partial charge is 0.496 e. The van der Waals surface area contributed by atoms with Crippen molar-refractivity contribution in [3.63, 3.8) is 0 Å². The molecule has 2 N–H and O–H groups in total. The van der Waals surface area contributed by atoms with E-state index in [2.05, 4.69) is 22.8 Å². The molecule has 0 spiro atoms. The minimum atomic E-state index is -4.67. The zero-order chi connectivity index (χ0) is 21.8. The summed E-state index contributed by atoms with van der Waals surface area (Å²) in [6, 6.07) is 16.0. The molecule has 3 rings (SSSR count). The third-order valence-electron chi connectivity index (χ3n) is 5.82. The van der Waals surface area contributed by atoms with Crippen LogP contribution in [0.4, 0.5) is 13.2 Å². The normalized spacial score (nSPS) is 21.5. The Kier molecular flexibility index (Phi) is 6.69. The molecular weight excluding hydrogens is 391 g/mol. The molecule has 0 aliphatic carbocycles. The highest BCUT2D eigenvalue weighted by atomic mass is 19.4. The van der Waals surface area contributed by atoms with E-state index in [0.29, 0.717) is 17.9 Å². The monoisotopic (exact) mass is 417 g/mol. The molecule has 30 heavy (non-hydrogen) atoms. The SMILES string of the molecule is COc1ccc(C(C)(C#N)C(F)(F)F)cc1CN[C@H]1CCCN[C@H]1c1ccccc1. The predicted octanol–water partition coefficient (Wildman–Crippen LogP) is 4.62. The molecule has 0 saturated carbocycles. The van der Waals surface area contributed by atoms with Gasteiger partial charge in [-0.05, 0) is 49.6 Å². The lowest BCUT2D eigenvalue weighted by molar-refractivity contribution is -0.168. The minimum absolute atomic E-state index is 0.0866. The van der Waals surface area contributed by atoms with Gasteiger partial charge in [-0.1, -0.05) is 36.4 Å².